The summed E-state index contributed by atoms with van der Waals surface area (Å²) < 4.78 is 10.7. The van der Waals surface area contributed by atoms with Crippen molar-refractivity contribution in [2.24, 2.45) is 0 Å². The summed E-state index contributed by atoms with van der Waals surface area (Å²) in [6.45, 7) is 2.77. The van der Waals surface area contributed by atoms with Gasteiger partial charge in [0.25, 0.3) is 0 Å². The first-order valence-corrected chi connectivity index (χ1v) is 8.68. The molecule has 0 radical (unpaired) electrons. The number of rotatable bonds is 6. The molecule has 2 N–H and O–H groups in total. The van der Waals surface area contributed by atoms with Crippen LogP contribution in [0.3, 0.4) is 0 Å². The Hall–Kier alpha value is -1.37. The molecule has 2 aliphatic rings. The van der Waals surface area contributed by atoms with Gasteiger partial charge in [-0.1, -0.05) is 0 Å². The number of ether oxygens (including phenoxy) is 2. The Labute approximate surface area is 167 Å². The zero-order valence-electron chi connectivity index (χ0n) is 15.3. The fraction of sp³-hybridized carbons (Fsp3) is 0.611. The Bertz CT molecular complexity index is 561. The van der Waals surface area contributed by atoms with Crippen LogP contribution in [-0.4, -0.2) is 51.8 Å². The van der Waals surface area contributed by atoms with Gasteiger partial charge in [-0.15, -0.1) is 24.8 Å². The highest BCUT2D eigenvalue weighted by molar-refractivity contribution is 5.85. The topological polar surface area (TPSA) is 62.8 Å². The van der Waals surface area contributed by atoms with Gasteiger partial charge in [0.1, 0.15) is 11.5 Å². The molecule has 2 fully saturated rings. The van der Waals surface area contributed by atoms with Crippen molar-refractivity contribution in [3.05, 3.63) is 18.2 Å². The monoisotopic (exact) mass is 405 g/mol. The average Bonchev–Trinajstić information content (AvgIpc) is 3.26. The van der Waals surface area contributed by atoms with Gasteiger partial charge in [-0.05, 0) is 25.8 Å². The highest BCUT2D eigenvalue weighted by atomic mass is 35.5. The molecule has 0 aliphatic carbocycles. The zero-order valence-corrected chi connectivity index (χ0v) is 17.0. The molecule has 2 heterocycles. The van der Waals surface area contributed by atoms with Gasteiger partial charge in [0, 0.05) is 55.5 Å². The van der Waals surface area contributed by atoms with Crippen LogP contribution in [0.15, 0.2) is 18.2 Å². The Morgan fingerprint density at radius 2 is 1.88 bits per heavy atom. The molecule has 0 bridgehead atoms. The van der Waals surface area contributed by atoms with Crippen LogP contribution >= 0.6 is 24.8 Å². The van der Waals surface area contributed by atoms with Crippen molar-refractivity contribution >= 4 is 36.4 Å². The van der Waals surface area contributed by atoms with Gasteiger partial charge in [0.15, 0.2) is 0 Å². The lowest BCUT2D eigenvalue weighted by atomic mass is 10.1. The van der Waals surface area contributed by atoms with Crippen molar-refractivity contribution in [2.45, 2.75) is 37.8 Å². The van der Waals surface area contributed by atoms with Crippen LogP contribution in [0.2, 0.25) is 0 Å². The third kappa shape index (κ3) is 5.83. The van der Waals surface area contributed by atoms with Crippen LogP contribution in [0.5, 0.6) is 11.5 Å². The van der Waals surface area contributed by atoms with Gasteiger partial charge in [-0.3, -0.25) is 4.79 Å². The van der Waals surface area contributed by atoms with E-state index < -0.39 is 0 Å². The van der Waals surface area contributed by atoms with Crippen LogP contribution in [0, 0.1) is 0 Å². The van der Waals surface area contributed by atoms with E-state index in [0.29, 0.717) is 12.5 Å². The second kappa shape index (κ2) is 10.7. The molecule has 1 amide bonds. The lowest BCUT2D eigenvalue weighted by Crippen LogP contribution is -2.39. The fourth-order valence-corrected chi connectivity index (χ4v) is 3.53. The lowest BCUT2D eigenvalue weighted by molar-refractivity contribution is -0.122. The molecule has 8 heteroatoms. The molecule has 0 spiro atoms. The smallest absolute Gasteiger partial charge is 0.221 e. The number of carbonyl (C=O) groups excluding carboxylic acids is 1. The van der Waals surface area contributed by atoms with Gasteiger partial charge in [-0.2, -0.15) is 0 Å². The first-order chi connectivity index (χ1) is 11.7. The number of hydrogen-bond donors (Lipinski definition) is 2. The van der Waals surface area contributed by atoms with E-state index in [1.807, 2.05) is 18.2 Å². The molecule has 26 heavy (non-hydrogen) atoms. The van der Waals surface area contributed by atoms with Gasteiger partial charge in [-0.25, -0.2) is 0 Å². The summed E-state index contributed by atoms with van der Waals surface area (Å²) in [6, 6.07) is 6.44. The summed E-state index contributed by atoms with van der Waals surface area (Å²) >= 11 is 0. The van der Waals surface area contributed by atoms with Crippen molar-refractivity contribution in [1.82, 2.24) is 10.6 Å². The van der Waals surface area contributed by atoms with Crippen LogP contribution < -0.4 is 25.0 Å². The van der Waals surface area contributed by atoms with E-state index in [-0.39, 0.29) is 36.8 Å². The number of halogens is 2. The quantitative estimate of drug-likeness (QED) is 0.760. The molecule has 0 saturated carbocycles. The molecule has 1 aromatic carbocycles. The SMILES string of the molecule is COc1cc(OC)cc(N2CCC(NC(=O)CC3CCCN3)C2)c1.Cl.Cl. The molecule has 6 nitrogen and oxygen atoms in total. The third-order valence-electron chi connectivity index (χ3n) is 4.85. The highest BCUT2D eigenvalue weighted by Crippen LogP contribution is 2.30. The predicted molar refractivity (Wildman–Crippen MR) is 108 cm³/mol. The van der Waals surface area contributed by atoms with Crippen molar-refractivity contribution < 1.29 is 14.3 Å². The molecule has 0 aromatic heterocycles. The number of carbonyl (C=O) groups is 1. The number of nitrogens with zero attached hydrogens (tertiary/aromatic N) is 1. The number of hydrogen-bond acceptors (Lipinski definition) is 5. The maximum absolute atomic E-state index is 12.2. The van der Waals surface area contributed by atoms with Gasteiger partial charge >= 0.3 is 0 Å². The second-order valence-corrected chi connectivity index (χ2v) is 6.57. The molecule has 148 valence electrons. The third-order valence-corrected chi connectivity index (χ3v) is 4.85. The first-order valence-electron chi connectivity index (χ1n) is 8.68. The van der Waals surface area contributed by atoms with Crippen LogP contribution in [0.1, 0.15) is 25.7 Å². The van der Waals surface area contributed by atoms with E-state index in [2.05, 4.69) is 15.5 Å². The minimum absolute atomic E-state index is 0. The molecule has 2 aliphatic heterocycles. The number of benzene rings is 1. The molecule has 2 saturated heterocycles. The minimum atomic E-state index is 0. The molecule has 2 atom stereocenters. The van der Waals surface area contributed by atoms with E-state index in [1.54, 1.807) is 14.2 Å². The minimum Gasteiger partial charge on any atom is -0.497 e. The fourth-order valence-electron chi connectivity index (χ4n) is 3.53. The van der Waals surface area contributed by atoms with Gasteiger partial charge < -0.3 is 25.0 Å². The molecular formula is C18H29Cl2N3O3. The van der Waals surface area contributed by atoms with Crippen molar-refractivity contribution in [2.75, 3.05) is 38.8 Å². The summed E-state index contributed by atoms with van der Waals surface area (Å²) in [6.07, 6.45) is 3.83. The van der Waals surface area contributed by atoms with Crippen LogP contribution in [0.4, 0.5) is 5.69 Å². The van der Waals surface area contributed by atoms with Gasteiger partial charge in [0.05, 0.1) is 14.2 Å². The molecule has 3 rings (SSSR count). The first kappa shape index (κ1) is 22.7. The highest BCUT2D eigenvalue weighted by Gasteiger charge is 2.26. The summed E-state index contributed by atoms with van der Waals surface area (Å²) in [5.74, 6) is 1.72. The van der Waals surface area contributed by atoms with Crippen molar-refractivity contribution in [1.29, 1.82) is 0 Å². The predicted octanol–water partition coefficient (Wildman–Crippen LogP) is 2.38. The lowest BCUT2D eigenvalue weighted by Gasteiger charge is -2.21. The number of methoxy groups -OCH3 is 2. The normalized spacial score (nSPS) is 21.5. The second-order valence-electron chi connectivity index (χ2n) is 6.57. The van der Waals surface area contributed by atoms with Crippen LogP contribution in [-0.2, 0) is 4.79 Å². The largest absolute Gasteiger partial charge is 0.497 e. The summed E-state index contributed by atoms with van der Waals surface area (Å²) in [4.78, 5) is 14.5. The van der Waals surface area contributed by atoms with E-state index in [4.69, 9.17) is 9.47 Å². The molecule has 2 unspecified atom stereocenters. The van der Waals surface area contributed by atoms with Gasteiger partial charge in [0.2, 0.25) is 5.91 Å². The maximum Gasteiger partial charge on any atom is 0.221 e. The van der Waals surface area contributed by atoms with E-state index in [0.717, 1.165) is 49.7 Å². The number of amides is 1. The van der Waals surface area contributed by atoms with E-state index in [1.165, 1.54) is 6.42 Å². The standard InChI is InChI=1S/C18H27N3O3.2ClH/c1-23-16-9-15(10-17(11-16)24-2)21-7-5-14(12-21)20-18(22)8-13-4-3-6-19-13;;/h9-11,13-14,19H,3-8,12H2,1-2H3,(H,20,22);2*1H. The number of anilines is 1. The molecular weight excluding hydrogens is 377 g/mol. The van der Waals surface area contributed by atoms with E-state index in [9.17, 15) is 4.79 Å². The Balaban J connectivity index is 0.00000169. The molecule has 1 aromatic rings. The van der Waals surface area contributed by atoms with E-state index >= 15 is 0 Å². The average molecular weight is 406 g/mol. The summed E-state index contributed by atoms with van der Waals surface area (Å²) in [5, 5.41) is 6.55. The Kier molecular flexibility index (Phi) is 9.33. The summed E-state index contributed by atoms with van der Waals surface area (Å²) in [5.41, 5.74) is 1.07. The zero-order chi connectivity index (χ0) is 16.9. The van der Waals surface area contributed by atoms with Crippen molar-refractivity contribution in [3.8, 4) is 11.5 Å². The van der Waals surface area contributed by atoms with Crippen molar-refractivity contribution in [3.63, 3.8) is 0 Å². The van der Waals surface area contributed by atoms with Crippen LogP contribution in [0.25, 0.3) is 0 Å². The number of nitrogens with one attached hydrogen (secondary N) is 2. The maximum atomic E-state index is 12.2. The summed E-state index contributed by atoms with van der Waals surface area (Å²) in [7, 11) is 3.31. The Morgan fingerprint density at radius 1 is 1.19 bits per heavy atom. The Morgan fingerprint density at radius 3 is 2.46 bits per heavy atom.